The Morgan fingerprint density at radius 2 is 1.95 bits per heavy atom. The Labute approximate surface area is 232 Å². The molecule has 10 heteroatoms. The minimum Gasteiger partial charge on any atom is -0.383 e. The van der Waals surface area contributed by atoms with E-state index in [1.165, 1.54) is 6.07 Å². The third-order valence-electron chi connectivity index (χ3n) is 7.27. The number of nitrogens with zero attached hydrogens (tertiary/aromatic N) is 5. The molecule has 0 N–H and O–H groups in total. The summed E-state index contributed by atoms with van der Waals surface area (Å²) in [6.07, 6.45) is 3.50. The van der Waals surface area contributed by atoms with Crippen LogP contribution in [0.15, 0.2) is 60.9 Å². The lowest BCUT2D eigenvalue weighted by atomic mass is 9.90. The zero-order chi connectivity index (χ0) is 28.2. The highest BCUT2D eigenvalue weighted by Gasteiger charge is 2.37. The summed E-state index contributed by atoms with van der Waals surface area (Å²) in [7, 11) is 3.46. The number of hydrogen-bond donors (Lipinski definition) is 0. The van der Waals surface area contributed by atoms with Gasteiger partial charge in [-0.25, -0.2) is 8.78 Å². The van der Waals surface area contributed by atoms with E-state index in [0.717, 1.165) is 40.2 Å². The molecule has 1 aliphatic heterocycles. The van der Waals surface area contributed by atoms with E-state index < -0.39 is 17.7 Å². The van der Waals surface area contributed by atoms with E-state index in [0.29, 0.717) is 31.8 Å². The quantitative estimate of drug-likeness (QED) is 0.271. The Morgan fingerprint density at radius 1 is 1.15 bits per heavy atom. The van der Waals surface area contributed by atoms with Crippen molar-refractivity contribution < 1.29 is 23.1 Å². The molecule has 40 heavy (non-hydrogen) atoms. The Hall–Kier alpha value is -3.73. The van der Waals surface area contributed by atoms with Crippen molar-refractivity contribution in [3.05, 3.63) is 94.9 Å². The maximum Gasteiger partial charge on any atom is 0.159 e. The topological polar surface area (TPSA) is 74.4 Å². The zero-order valence-corrected chi connectivity index (χ0v) is 22.9. The maximum absolute atomic E-state index is 14.1. The first kappa shape index (κ1) is 27.8. The molecular formula is C30H33F2N5O3. The molecule has 8 nitrogen and oxygen atoms in total. The zero-order valence-electron chi connectivity index (χ0n) is 22.9. The van der Waals surface area contributed by atoms with Crippen LogP contribution in [0.25, 0.3) is 11.3 Å². The van der Waals surface area contributed by atoms with Gasteiger partial charge in [0.05, 0.1) is 25.0 Å². The molecule has 0 aliphatic carbocycles. The fraction of sp³-hybridized carbons (Fsp3) is 0.367. The summed E-state index contributed by atoms with van der Waals surface area (Å²) in [4.78, 5) is 19.7. The first-order valence-electron chi connectivity index (χ1n) is 13.3. The Bertz CT molecular complexity index is 1470. The minimum atomic E-state index is -0.940. The van der Waals surface area contributed by atoms with Gasteiger partial charge in [-0.1, -0.05) is 36.4 Å². The molecule has 5 rings (SSSR count). The number of aromatic nitrogens is 4. The molecule has 4 aromatic rings. The van der Waals surface area contributed by atoms with Gasteiger partial charge in [0.25, 0.3) is 0 Å². The van der Waals surface area contributed by atoms with Gasteiger partial charge >= 0.3 is 0 Å². The summed E-state index contributed by atoms with van der Waals surface area (Å²) in [6.45, 7) is 3.93. The number of carbonyl (C=O) groups is 1. The maximum atomic E-state index is 14.1. The van der Waals surface area contributed by atoms with Crippen LogP contribution in [-0.2, 0) is 34.4 Å². The molecule has 0 saturated carbocycles. The minimum absolute atomic E-state index is 0.0184. The first-order chi connectivity index (χ1) is 19.3. The predicted molar refractivity (Wildman–Crippen MR) is 145 cm³/mol. The lowest BCUT2D eigenvalue weighted by Gasteiger charge is -2.18. The fourth-order valence-electron chi connectivity index (χ4n) is 5.24. The molecule has 3 heterocycles. The number of ether oxygens (including phenoxy) is 1. The summed E-state index contributed by atoms with van der Waals surface area (Å²) < 4.78 is 36.5. The number of rotatable bonds is 11. The van der Waals surface area contributed by atoms with Crippen LogP contribution in [0.1, 0.15) is 34.9 Å². The van der Waals surface area contributed by atoms with Gasteiger partial charge in [0, 0.05) is 63.5 Å². The molecule has 2 atom stereocenters. The molecule has 210 valence electrons. The smallest absolute Gasteiger partial charge is 0.159 e. The van der Waals surface area contributed by atoms with Crippen LogP contribution in [-0.4, -0.2) is 57.2 Å². The van der Waals surface area contributed by atoms with Crippen molar-refractivity contribution in [1.82, 2.24) is 24.6 Å². The molecule has 0 spiro atoms. The van der Waals surface area contributed by atoms with Gasteiger partial charge in [-0.05, 0) is 35.7 Å². The van der Waals surface area contributed by atoms with Crippen molar-refractivity contribution in [1.29, 1.82) is 0 Å². The number of methoxy groups -OCH3 is 1. The molecule has 1 aliphatic rings. The van der Waals surface area contributed by atoms with Crippen LogP contribution in [0.2, 0.25) is 0 Å². The lowest BCUT2D eigenvalue weighted by molar-refractivity contribution is -0.155. The average molecular weight is 550 g/mol. The predicted octanol–water partition coefficient (Wildman–Crippen LogP) is 4.67. The van der Waals surface area contributed by atoms with E-state index >= 15 is 0 Å². The van der Waals surface area contributed by atoms with Crippen molar-refractivity contribution in [3.8, 4) is 11.3 Å². The van der Waals surface area contributed by atoms with Crippen molar-refractivity contribution in [2.45, 2.75) is 32.4 Å². The molecule has 2 aromatic heterocycles. The van der Waals surface area contributed by atoms with Gasteiger partial charge in [0.1, 0.15) is 11.9 Å². The van der Waals surface area contributed by atoms with Gasteiger partial charge in [0.15, 0.2) is 11.6 Å². The highest BCUT2D eigenvalue weighted by molar-refractivity contribution is 5.82. The van der Waals surface area contributed by atoms with Crippen LogP contribution in [0.4, 0.5) is 8.78 Å². The van der Waals surface area contributed by atoms with Crippen LogP contribution >= 0.6 is 0 Å². The number of ketones is 1. The standard InChI is InChI=1S/C30H33F2N5O3/c1-20-28(37(17-21-7-5-4-6-8-21)34-29(20)24-16-33-35(2)18-24)15-25(38)13-23-19-36(11-12-39-3)40-30(23)22-9-10-26(31)27(32)14-22/h4-10,14,16,18,23,30H,11-13,15,17,19H2,1-3H3/t23-,30+/m1/s1. The molecular weight excluding hydrogens is 516 g/mol. The molecule has 1 fully saturated rings. The van der Waals surface area contributed by atoms with E-state index in [1.54, 1.807) is 23.1 Å². The molecule has 0 bridgehead atoms. The average Bonchev–Trinajstić information content (AvgIpc) is 3.63. The van der Waals surface area contributed by atoms with Crippen LogP contribution in [0, 0.1) is 24.5 Å². The van der Waals surface area contributed by atoms with Crippen molar-refractivity contribution >= 4 is 5.78 Å². The summed E-state index contributed by atoms with van der Waals surface area (Å²) in [5.74, 6) is -2.08. The largest absolute Gasteiger partial charge is 0.383 e. The van der Waals surface area contributed by atoms with Gasteiger partial charge in [-0.2, -0.15) is 15.3 Å². The molecule has 0 unspecified atom stereocenters. The second kappa shape index (κ2) is 12.2. The van der Waals surface area contributed by atoms with Crippen LogP contribution in [0.3, 0.4) is 0 Å². The summed E-state index contributed by atoms with van der Waals surface area (Å²) in [6, 6.07) is 13.7. The number of Topliss-reactive ketones (excluding diaryl/α,β-unsaturated/α-hetero) is 1. The van der Waals surface area contributed by atoms with E-state index in [4.69, 9.17) is 14.7 Å². The fourth-order valence-corrected chi connectivity index (χ4v) is 5.24. The van der Waals surface area contributed by atoms with Crippen molar-refractivity contribution in [2.24, 2.45) is 13.0 Å². The SMILES string of the molecule is COCCN1C[C@@H](CC(=O)Cc2c(C)c(-c3cnn(C)c3)nn2Cc2ccccc2)[C@H](c2ccc(F)c(F)c2)O1. The Morgan fingerprint density at radius 3 is 2.65 bits per heavy atom. The number of halogens is 2. The normalized spacial score (nSPS) is 17.5. The van der Waals surface area contributed by atoms with E-state index in [9.17, 15) is 13.6 Å². The molecule has 1 saturated heterocycles. The number of aryl methyl sites for hydroxylation is 1. The molecule has 2 aromatic carbocycles. The van der Waals surface area contributed by atoms with Gasteiger partial charge in [-0.15, -0.1) is 0 Å². The number of hydrogen-bond acceptors (Lipinski definition) is 6. The van der Waals surface area contributed by atoms with Gasteiger partial charge < -0.3 is 4.74 Å². The second-order valence-corrected chi connectivity index (χ2v) is 10.2. The summed E-state index contributed by atoms with van der Waals surface area (Å²) in [5.41, 5.74) is 5.03. The van der Waals surface area contributed by atoms with Crippen molar-refractivity contribution in [3.63, 3.8) is 0 Å². The highest BCUT2D eigenvalue weighted by Crippen LogP contribution is 2.37. The van der Waals surface area contributed by atoms with Crippen LogP contribution < -0.4 is 0 Å². The monoisotopic (exact) mass is 549 g/mol. The number of benzene rings is 2. The summed E-state index contributed by atoms with van der Waals surface area (Å²) in [5, 5.41) is 10.9. The highest BCUT2D eigenvalue weighted by atomic mass is 19.2. The van der Waals surface area contributed by atoms with E-state index in [1.807, 2.05) is 55.2 Å². The van der Waals surface area contributed by atoms with E-state index in [-0.39, 0.29) is 24.5 Å². The lowest BCUT2D eigenvalue weighted by Crippen LogP contribution is -2.24. The number of carbonyl (C=O) groups excluding carboxylic acids is 1. The second-order valence-electron chi connectivity index (χ2n) is 10.2. The number of hydroxylamine groups is 2. The molecule has 0 amide bonds. The van der Waals surface area contributed by atoms with Crippen molar-refractivity contribution in [2.75, 3.05) is 26.8 Å². The third kappa shape index (κ3) is 6.19. The van der Waals surface area contributed by atoms with Crippen LogP contribution in [0.5, 0.6) is 0 Å². The Kier molecular flexibility index (Phi) is 8.49. The van der Waals surface area contributed by atoms with Gasteiger partial charge in [-0.3, -0.25) is 19.0 Å². The third-order valence-corrected chi connectivity index (χ3v) is 7.27. The van der Waals surface area contributed by atoms with E-state index in [2.05, 4.69) is 5.10 Å². The molecule has 0 radical (unpaired) electrons. The Balaban J connectivity index is 1.39. The summed E-state index contributed by atoms with van der Waals surface area (Å²) >= 11 is 0. The van der Waals surface area contributed by atoms with Gasteiger partial charge in [0.2, 0.25) is 0 Å². The first-order valence-corrected chi connectivity index (χ1v) is 13.3.